The highest BCUT2D eigenvalue weighted by molar-refractivity contribution is 9.10. The van der Waals surface area contributed by atoms with Crippen molar-refractivity contribution < 1.29 is 4.79 Å². The number of hydrogen-bond donors (Lipinski definition) is 0. The molecule has 1 saturated carbocycles. The van der Waals surface area contributed by atoms with E-state index in [9.17, 15) is 9.59 Å². The molecule has 150 valence electrons. The van der Waals surface area contributed by atoms with Gasteiger partial charge < -0.3 is 4.90 Å². The maximum Gasteiger partial charge on any atom is 0.261 e. The fourth-order valence-corrected chi connectivity index (χ4v) is 4.08. The molecule has 1 aliphatic carbocycles. The number of aromatic nitrogens is 2. The van der Waals surface area contributed by atoms with Crippen LogP contribution in [0.1, 0.15) is 31.7 Å². The number of amides is 1. The molecule has 3 aromatic rings. The summed E-state index contributed by atoms with van der Waals surface area (Å²) < 4.78 is 2.37. The number of rotatable bonds is 7. The van der Waals surface area contributed by atoms with Crippen molar-refractivity contribution in [2.45, 2.75) is 45.3 Å². The second-order valence-corrected chi connectivity index (χ2v) is 8.66. The van der Waals surface area contributed by atoms with Crippen LogP contribution in [0.25, 0.3) is 10.9 Å². The fourth-order valence-electron chi connectivity index (χ4n) is 3.72. The zero-order valence-corrected chi connectivity index (χ0v) is 18.0. The van der Waals surface area contributed by atoms with E-state index in [-0.39, 0.29) is 23.9 Å². The predicted octanol–water partition coefficient (Wildman–Crippen LogP) is 4.38. The predicted molar refractivity (Wildman–Crippen MR) is 117 cm³/mol. The summed E-state index contributed by atoms with van der Waals surface area (Å²) in [5.74, 6) is 0.666. The average molecular weight is 454 g/mol. The zero-order valence-electron chi connectivity index (χ0n) is 16.4. The van der Waals surface area contributed by atoms with Gasteiger partial charge in [0.15, 0.2) is 0 Å². The van der Waals surface area contributed by atoms with Crippen LogP contribution in [0.2, 0.25) is 0 Å². The van der Waals surface area contributed by atoms with E-state index in [0.717, 1.165) is 10.0 Å². The molecule has 1 amide bonds. The van der Waals surface area contributed by atoms with Crippen LogP contribution in [0.4, 0.5) is 0 Å². The molecule has 5 nitrogen and oxygen atoms in total. The Labute approximate surface area is 178 Å². The van der Waals surface area contributed by atoms with Crippen molar-refractivity contribution in [3.63, 3.8) is 0 Å². The number of fused-ring (bicyclic) bond motifs is 1. The van der Waals surface area contributed by atoms with Crippen LogP contribution in [0, 0.1) is 5.92 Å². The van der Waals surface area contributed by atoms with E-state index < -0.39 is 0 Å². The van der Waals surface area contributed by atoms with Crippen LogP contribution in [-0.4, -0.2) is 26.4 Å². The van der Waals surface area contributed by atoms with E-state index in [0.29, 0.717) is 29.9 Å². The Morgan fingerprint density at radius 3 is 2.72 bits per heavy atom. The van der Waals surface area contributed by atoms with Gasteiger partial charge in [-0.25, -0.2) is 4.98 Å². The van der Waals surface area contributed by atoms with E-state index in [2.05, 4.69) is 40.0 Å². The minimum atomic E-state index is -0.117. The van der Waals surface area contributed by atoms with E-state index >= 15 is 0 Å². The summed E-state index contributed by atoms with van der Waals surface area (Å²) in [5.41, 5.74) is 1.67. The number of aryl methyl sites for hydroxylation is 1. The lowest BCUT2D eigenvalue weighted by Gasteiger charge is -2.30. The largest absolute Gasteiger partial charge is 0.335 e. The maximum absolute atomic E-state index is 13.1. The zero-order chi connectivity index (χ0) is 20.4. The van der Waals surface area contributed by atoms with Gasteiger partial charge in [-0.15, -0.1) is 0 Å². The van der Waals surface area contributed by atoms with Gasteiger partial charge in [-0.2, -0.15) is 0 Å². The number of benzene rings is 2. The highest BCUT2D eigenvalue weighted by Crippen LogP contribution is 2.36. The lowest BCUT2D eigenvalue weighted by molar-refractivity contribution is -0.134. The molecular weight excluding hydrogens is 430 g/mol. The van der Waals surface area contributed by atoms with Crippen LogP contribution < -0.4 is 5.56 Å². The van der Waals surface area contributed by atoms with Crippen LogP contribution >= 0.6 is 15.9 Å². The number of carbonyl (C=O) groups excluding carboxylic acids is 1. The van der Waals surface area contributed by atoms with Gasteiger partial charge in [-0.05, 0) is 49.4 Å². The van der Waals surface area contributed by atoms with Crippen molar-refractivity contribution in [2.75, 3.05) is 0 Å². The van der Waals surface area contributed by atoms with Gasteiger partial charge in [0, 0.05) is 30.0 Å². The molecule has 29 heavy (non-hydrogen) atoms. The number of halogens is 1. The first-order valence-corrected chi connectivity index (χ1v) is 10.8. The molecule has 0 radical (unpaired) electrons. The highest BCUT2D eigenvalue weighted by atomic mass is 79.9. The van der Waals surface area contributed by atoms with Crippen molar-refractivity contribution in [3.05, 3.63) is 75.2 Å². The summed E-state index contributed by atoms with van der Waals surface area (Å²) >= 11 is 3.40. The Bertz CT molecular complexity index is 1080. The third kappa shape index (κ3) is 4.58. The smallest absolute Gasteiger partial charge is 0.261 e. The number of hydrogen-bond acceptors (Lipinski definition) is 3. The molecule has 1 fully saturated rings. The summed E-state index contributed by atoms with van der Waals surface area (Å²) in [7, 11) is 0. The van der Waals surface area contributed by atoms with Gasteiger partial charge in [0.2, 0.25) is 5.91 Å². The Morgan fingerprint density at radius 1 is 1.24 bits per heavy atom. The van der Waals surface area contributed by atoms with E-state index in [1.165, 1.54) is 23.7 Å². The first-order chi connectivity index (χ1) is 14.0. The van der Waals surface area contributed by atoms with Crippen LogP contribution in [0.5, 0.6) is 0 Å². The maximum atomic E-state index is 13.1. The van der Waals surface area contributed by atoms with Crippen LogP contribution in [0.3, 0.4) is 0 Å². The lowest BCUT2D eigenvalue weighted by atomic mass is 10.1. The summed E-state index contributed by atoms with van der Waals surface area (Å²) in [6.45, 7) is 3.07. The van der Waals surface area contributed by atoms with E-state index in [4.69, 9.17) is 0 Å². The van der Waals surface area contributed by atoms with Gasteiger partial charge in [0.1, 0.15) is 0 Å². The molecule has 2 aromatic carbocycles. The minimum absolute atomic E-state index is 0.0782. The lowest BCUT2D eigenvalue weighted by Crippen LogP contribution is -2.40. The number of nitrogens with zero attached hydrogens (tertiary/aromatic N) is 3. The molecule has 4 rings (SSSR count). The molecule has 0 spiro atoms. The Morgan fingerprint density at radius 2 is 2.00 bits per heavy atom. The normalized spacial score (nSPS) is 14.7. The van der Waals surface area contributed by atoms with Crippen molar-refractivity contribution in [1.29, 1.82) is 0 Å². The van der Waals surface area contributed by atoms with Gasteiger partial charge in [-0.3, -0.25) is 14.2 Å². The average Bonchev–Trinajstić information content (AvgIpc) is 3.57. The standard InChI is InChI=1S/C23H24BrN3O2/c1-16(18-7-8-18)27(14-17-5-3-2-4-6-17)22(28)11-12-26-15-25-21-10-9-19(24)13-20(21)23(26)29/h2-6,9-10,13,15-16,18H,7-8,11-12,14H2,1H3. The van der Waals surface area contributed by atoms with Crippen LogP contribution in [0.15, 0.2) is 64.1 Å². The van der Waals surface area contributed by atoms with E-state index in [1.807, 2.05) is 35.2 Å². The molecule has 0 saturated heterocycles. The van der Waals surface area contributed by atoms with Crippen LogP contribution in [-0.2, 0) is 17.9 Å². The van der Waals surface area contributed by atoms with Gasteiger partial charge >= 0.3 is 0 Å². The van der Waals surface area contributed by atoms with Crippen molar-refractivity contribution in [1.82, 2.24) is 14.5 Å². The molecule has 0 aliphatic heterocycles. The molecule has 6 heteroatoms. The fraction of sp³-hybridized carbons (Fsp3) is 0.348. The highest BCUT2D eigenvalue weighted by Gasteiger charge is 2.34. The molecule has 0 N–H and O–H groups in total. The van der Waals surface area contributed by atoms with Crippen molar-refractivity contribution >= 4 is 32.7 Å². The molecule has 0 bridgehead atoms. The Kier molecular flexibility index (Phi) is 5.81. The quantitative estimate of drug-likeness (QED) is 0.533. The summed E-state index contributed by atoms with van der Waals surface area (Å²) in [6, 6.07) is 15.8. The summed E-state index contributed by atoms with van der Waals surface area (Å²) in [4.78, 5) is 32.2. The second kappa shape index (κ2) is 8.49. The third-order valence-corrected chi connectivity index (χ3v) is 6.16. The van der Waals surface area contributed by atoms with Crippen molar-refractivity contribution in [2.24, 2.45) is 5.92 Å². The molecule has 1 aliphatic rings. The molecule has 1 heterocycles. The summed E-state index contributed by atoms with van der Waals surface area (Å²) in [5, 5.41) is 0.557. The minimum Gasteiger partial charge on any atom is -0.335 e. The first kappa shape index (κ1) is 19.8. The summed E-state index contributed by atoms with van der Waals surface area (Å²) in [6.07, 6.45) is 4.19. The van der Waals surface area contributed by atoms with Gasteiger partial charge in [-0.1, -0.05) is 46.3 Å². The molecular formula is C23H24BrN3O2. The van der Waals surface area contributed by atoms with Gasteiger partial charge in [0.05, 0.1) is 17.2 Å². The Balaban J connectivity index is 1.51. The third-order valence-electron chi connectivity index (χ3n) is 5.66. The molecule has 1 aromatic heterocycles. The SMILES string of the molecule is CC(C1CC1)N(Cc1ccccc1)C(=O)CCn1cnc2ccc(Br)cc2c1=O. The topological polar surface area (TPSA) is 55.2 Å². The Hall–Kier alpha value is -2.47. The molecule has 1 unspecified atom stereocenters. The first-order valence-electron chi connectivity index (χ1n) is 10.0. The van der Waals surface area contributed by atoms with Gasteiger partial charge in [0.25, 0.3) is 5.56 Å². The second-order valence-electron chi connectivity index (χ2n) is 7.74. The van der Waals surface area contributed by atoms with Crippen molar-refractivity contribution in [3.8, 4) is 0 Å². The van der Waals surface area contributed by atoms with E-state index in [1.54, 1.807) is 6.07 Å². The monoisotopic (exact) mass is 453 g/mol. The molecule has 1 atom stereocenters. The number of carbonyl (C=O) groups is 1.